The summed E-state index contributed by atoms with van der Waals surface area (Å²) in [5.74, 6) is -0.678. The van der Waals surface area contributed by atoms with E-state index in [1.54, 1.807) is 0 Å². The van der Waals surface area contributed by atoms with Gasteiger partial charge in [0.2, 0.25) is 0 Å². The molecular weight excluding hydrogens is 322 g/mol. The van der Waals surface area contributed by atoms with Gasteiger partial charge in [-0.2, -0.15) is 0 Å². The molecule has 0 fully saturated rings. The van der Waals surface area contributed by atoms with E-state index in [-0.39, 0.29) is 50.5 Å². The summed E-state index contributed by atoms with van der Waals surface area (Å²) in [5, 5.41) is 49.8. The first kappa shape index (κ1) is 14.9. The molecule has 3 rings (SSSR count). The van der Waals surface area contributed by atoms with Crippen LogP contribution in [0, 0.1) is 0 Å². The van der Waals surface area contributed by atoms with Gasteiger partial charge in [0.1, 0.15) is 34.4 Å². The van der Waals surface area contributed by atoms with Crippen LogP contribution in [0.3, 0.4) is 0 Å². The Morgan fingerprint density at radius 3 is 1.52 bits per heavy atom. The van der Waals surface area contributed by atoms with E-state index in [4.69, 9.17) is 11.6 Å². The highest BCUT2D eigenvalue weighted by molar-refractivity contribution is 6.35. The Hall–Kier alpha value is -3.06. The van der Waals surface area contributed by atoms with Crippen molar-refractivity contribution >= 4 is 11.6 Å². The molecule has 0 atom stereocenters. The Morgan fingerprint density at radius 2 is 1.13 bits per heavy atom. The molecule has 3 aromatic rings. The number of aromatic hydroxyl groups is 4. The van der Waals surface area contributed by atoms with Crippen molar-refractivity contribution in [1.82, 2.24) is 15.4 Å². The van der Waals surface area contributed by atoms with E-state index in [2.05, 4.69) is 15.4 Å². The van der Waals surface area contributed by atoms with Gasteiger partial charge in [0.05, 0.1) is 5.02 Å². The summed E-state index contributed by atoms with van der Waals surface area (Å²) in [4.78, 5) is 0. The van der Waals surface area contributed by atoms with Crippen molar-refractivity contribution in [2.24, 2.45) is 0 Å². The first-order valence-electron chi connectivity index (χ1n) is 6.41. The normalized spacial score (nSPS) is 10.7. The maximum Gasteiger partial charge on any atom is 0.128 e. The minimum absolute atomic E-state index is 0.0574. The van der Waals surface area contributed by atoms with Crippen LogP contribution < -0.4 is 0 Å². The van der Waals surface area contributed by atoms with Gasteiger partial charge < -0.3 is 20.4 Å². The van der Waals surface area contributed by atoms with E-state index in [0.717, 1.165) is 12.1 Å². The highest BCUT2D eigenvalue weighted by Gasteiger charge is 2.19. The molecule has 0 unspecified atom stereocenters. The molecule has 1 heterocycles. The van der Waals surface area contributed by atoms with Gasteiger partial charge in [-0.05, 0) is 29.5 Å². The zero-order chi connectivity index (χ0) is 16.6. The number of phenolic OH excluding ortho intramolecular Hbond substituents is 4. The lowest BCUT2D eigenvalue weighted by atomic mass is 10.1. The number of halogens is 1. The maximum absolute atomic E-state index is 9.93. The average Bonchev–Trinajstić information content (AvgIpc) is 2.49. The van der Waals surface area contributed by atoms with Crippen LogP contribution in [0.5, 0.6) is 23.0 Å². The molecule has 0 radical (unpaired) electrons. The average molecular weight is 332 g/mol. The number of hydrogen-bond acceptors (Lipinski definition) is 7. The van der Waals surface area contributed by atoms with Gasteiger partial charge in [-0.25, -0.2) is 0 Å². The molecule has 7 nitrogen and oxygen atoms in total. The Kier molecular flexibility index (Phi) is 3.63. The Balaban J connectivity index is 2.19. The summed E-state index contributed by atoms with van der Waals surface area (Å²) in [5.41, 5.74) is 0.785. The molecule has 8 heteroatoms. The topological polar surface area (TPSA) is 120 Å². The second-order valence-corrected chi connectivity index (χ2v) is 5.08. The van der Waals surface area contributed by atoms with E-state index < -0.39 is 0 Å². The number of benzene rings is 2. The number of rotatable bonds is 2. The number of aromatic nitrogens is 3. The SMILES string of the molecule is Oc1ccc(-c2nnnc(-c3ccc(O)cc3O)c2Cl)c(O)c1. The minimum atomic E-state index is -0.228. The molecular formula is C15H10ClN3O4. The first-order valence-corrected chi connectivity index (χ1v) is 6.78. The zero-order valence-electron chi connectivity index (χ0n) is 11.5. The van der Waals surface area contributed by atoms with Crippen LogP contribution in [-0.2, 0) is 0 Å². The standard InChI is InChI=1S/C15H10ClN3O4/c16-13-14(9-3-1-7(20)5-11(9)22)17-19-18-15(13)10-4-2-8(21)6-12(10)23/h1-6,20-23H. The lowest BCUT2D eigenvalue weighted by Crippen LogP contribution is -1.97. The lowest BCUT2D eigenvalue weighted by molar-refractivity contribution is 0.451. The second kappa shape index (κ2) is 5.62. The summed E-state index contributed by atoms with van der Waals surface area (Å²) in [6.07, 6.45) is 0. The summed E-state index contributed by atoms with van der Waals surface area (Å²) < 4.78 is 0. The molecule has 0 bridgehead atoms. The molecule has 23 heavy (non-hydrogen) atoms. The van der Waals surface area contributed by atoms with Crippen LogP contribution in [0.1, 0.15) is 0 Å². The van der Waals surface area contributed by atoms with Gasteiger partial charge >= 0.3 is 0 Å². The smallest absolute Gasteiger partial charge is 0.128 e. The molecule has 4 N–H and O–H groups in total. The van der Waals surface area contributed by atoms with E-state index in [1.807, 2.05) is 0 Å². The number of phenols is 4. The van der Waals surface area contributed by atoms with Gasteiger partial charge in [0.25, 0.3) is 0 Å². The third kappa shape index (κ3) is 2.69. The summed E-state index contributed by atoms with van der Waals surface area (Å²) in [6, 6.07) is 7.88. The Bertz CT molecular complexity index is 832. The minimum Gasteiger partial charge on any atom is -0.508 e. The monoisotopic (exact) mass is 331 g/mol. The summed E-state index contributed by atoms with van der Waals surface area (Å²) in [6.45, 7) is 0. The Labute approximate surface area is 135 Å². The molecule has 0 aliphatic carbocycles. The van der Waals surface area contributed by atoms with Crippen LogP contribution in [0.2, 0.25) is 5.02 Å². The summed E-state index contributed by atoms with van der Waals surface area (Å²) in [7, 11) is 0. The fourth-order valence-corrected chi connectivity index (χ4v) is 2.38. The van der Waals surface area contributed by atoms with E-state index in [0.29, 0.717) is 0 Å². The van der Waals surface area contributed by atoms with Gasteiger partial charge in [-0.3, -0.25) is 0 Å². The number of nitrogens with zero attached hydrogens (tertiary/aromatic N) is 3. The van der Waals surface area contributed by atoms with Crippen molar-refractivity contribution in [2.75, 3.05) is 0 Å². The number of hydrogen-bond donors (Lipinski definition) is 4. The molecule has 116 valence electrons. The molecule has 0 aliphatic rings. The molecule has 0 spiro atoms. The van der Waals surface area contributed by atoms with Crippen LogP contribution >= 0.6 is 11.6 Å². The zero-order valence-corrected chi connectivity index (χ0v) is 12.2. The van der Waals surface area contributed by atoms with Crippen molar-refractivity contribution in [2.45, 2.75) is 0 Å². The van der Waals surface area contributed by atoms with Gasteiger partial charge in [0, 0.05) is 23.3 Å². The van der Waals surface area contributed by atoms with Gasteiger partial charge in [0.15, 0.2) is 0 Å². The first-order chi connectivity index (χ1) is 11.0. The molecule has 1 aromatic heterocycles. The van der Waals surface area contributed by atoms with Crippen LogP contribution in [0.4, 0.5) is 0 Å². The van der Waals surface area contributed by atoms with Gasteiger partial charge in [-0.1, -0.05) is 11.6 Å². The van der Waals surface area contributed by atoms with Crippen molar-refractivity contribution in [3.63, 3.8) is 0 Å². The predicted octanol–water partition coefficient (Wildman–Crippen LogP) is 2.68. The van der Waals surface area contributed by atoms with Crippen LogP contribution in [0.15, 0.2) is 36.4 Å². The van der Waals surface area contributed by atoms with Crippen molar-refractivity contribution in [1.29, 1.82) is 0 Å². The quantitative estimate of drug-likeness (QED) is 0.569. The molecule has 0 saturated carbocycles. The maximum atomic E-state index is 9.93. The fraction of sp³-hybridized carbons (Fsp3) is 0. The van der Waals surface area contributed by atoms with E-state index in [1.165, 1.54) is 24.3 Å². The second-order valence-electron chi connectivity index (χ2n) is 4.70. The van der Waals surface area contributed by atoms with E-state index >= 15 is 0 Å². The largest absolute Gasteiger partial charge is 0.508 e. The fourth-order valence-electron chi connectivity index (χ4n) is 2.10. The summed E-state index contributed by atoms with van der Waals surface area (Å²) >= 11 is 6.29. The Morgan fingerprint density at radius 1 is 0.696 bits per heavy atom. The van der Waals surface area contributed by atoms with Gasteiger partial charge in [-0.15, -0.1) is 10.2 Å². The molecule has 0 aliphatic heterocycles. The van der Waals surface area contributed by atoms with E-state index in [9.17, 15) is 20.4 Å². The predicted molar refractivity (Wildman–Crippen MR) is 82.4 cm³/mol. The van der Waals surface area contributed by atoms with Crippen LogP contribution in [-0.4, -0.2) is 35.8 Å². The lowest BCUT2D eigenvalue weighted by Gasteiger charge is -2.09. The molecule has 0 amide bonds. The molecule has 2 aromatic carbocycles. The highest BCUT2D eigenvalue weighted by Crippen LogP contribution is 2.40. The molecule has 0 saturated heterocycles. The van der Waals surface area contributed by atoms with Crippen LogP contribution in [0.25, 0.3) is 22.5 Å². The third-order valence-corrected chi connectivity index (χ3v) is 3.54. The third-order valence-electron chi connectivity index (χ3n) is 3.18. The van der Waals surface area contributed by atoms with Crippen molar-refractivity contribution in [3.05, 3.63) is 41.4 Å². The van der Waals surface area contributed by atoms with Crippen molar-refractivity contribution < 1.29 is 20.4 Å². The van der Waals surface area contributed by atoms with Crippen molar-refractivity contribution in [3.8, 4) is 45.5 Å². The highest BCUT2D eigenvalue weighted by atomic mass is 35.5.